The fourth-order valence-corrected chi connectivity index (χ4v) is 4.16. The van der Waals surface area contributed by atoms with Crippen LogP contribution >= 0.6 is 0 Å². The summed E-state index contributed by atoms with van der Waals surface area (Å²) in [6.45, 7) is 1.78. The van der Waals surface area contributed by atoms with E-state index >= 15 is 4.39 Å². The Hall–Kier alpha value is -4.18. The third-order valence-corrected chi connectivity index (χ3v) is 6.09. The van der Waals surface area contributed by atoms with E-state index in [0.29, 0.717) is 12.2 Å². The molecule has 4 rings (SSSR count). The summed E-state index contributed by atoms with van der Waals surface area (Å²) in [7, 11) is 1.49. The number of nitrogens with one attached hydrogen (secondary N) is 1. The minimum absolute atomic E-state index is 0.0883. The maximum absolute atomic E-state index is 15.4. The van der Waals surface area contributed by atoms with Gasteiger partial charge < -0.3 is 0 Å². The average molecular weight is 511 g/mol. The number of hydrogen-bond donors (Lipinski definition) is 1. The molecule has 1 aromatic heterocycles. The van der Waals surface area contributed by atoms with Crippen LogP contribution in [0.4, 0.5) is 13.2 Å². The highest BCUT2D eigenvalue weighted by Crippen LogP contribution is 2.35. The maximum Gasteiger partial charge on any atom is 0.348 e. The average Bonchev–Trinajstić information content (AvgIpc) is 3.21. The molecule has 0 fully saturated rings. The summed E-state index contributed by atoms with van der Waals surface area (Å²) in [6, 6.07) is 19.3. The molecule has 0 spiro atoms. The number of aryl methyl sites for hydroxylation is 1. The van der Waals surface area contributed by atoms with Crippen LogP contribution in [0.2, 0.25) is 0 Å². The molecule has 0 unspecified atom stereocenters. The molecule has 0 aliphatic heterocycles. The Balaban J connectivity index is 1.95. The highest BCUT2D eigenvalue weighted by molar-refractivity contribution is 5.93. The van der Waals surface area contributed by atoms with Crippen molar-refractivity contribution in [1.29, 1.82) is 0 Å². The number of hydrogen-bond acceptors (Lipinski definition) is 4. The number of carbonyl (C=O) groups excluding carboxylic acids is 1. The molecule has 1 heterocycles. The van der Waals surface area contributed by atoms with Gasteiger partial charge >= 0.3 is 5.69 Å². The Morgan fingerprint density at radius 2 is 1.68 bits per heavy atom. The number of rotatable bonds is 9. The molecule has 1 atom stereocenters. The molecule has 1 N–H and O–H groups in total. The van der Waals surface area contributed by atoms with Gasteiger partial charge in [0.1, 0.15) is 11.6 Å². The van der Waals surface area contributed by atoms with Crippen LogP contribution in [0.15, 0.2) is 83.7 Å². The zero-order valence-electron chi connectivity index (χ0n) is 20.2. The molecule has 10 heteroatoms. The van der Waals surface area contributed by atoms with Gasteiger partial charge in [0.2, 0.25) is 5.72 Å². The molecule has 0 radical (unpaired) electrons. The van der Waals surface area contributed by atoms with E-state index in [0.717, 1.165) is 10.7 Å². The highest BCUT2D eigenvalue weighted by atomic mass is 19.3. The molecule has 0 aliphatic carbocycles. The number of benzene rings is 3. The van der Waals surface area contributed by atoms with Crippen molar-refractivity contribution in [3.8, 4) is 0 Å². The molecule has 37 heavy (non-hydrogen) atoms. The van der Waals surface area contributed by atoms with Gasteiger partial charge in [0, 0.05) is 36.6 Å². The second-order valence-electron chi connectivity index (χ2n) is 8.36. The first-order valence-electron chi connectivity index (χ1n) is 11.6. The summed E-state index contributed by atoms with van der Waals surface area (Å²) >= 11 is 0. The fourth-order valence-electron chi connectivity index (χ4n) is 4.16. The van der Waals surface area contributed by atoms with Crippen LogP contribution in [-0.2, 0) is 30.5 Å². The zero-order valence-corrected chi connectivity index (χ0v) is 20.2. The monoisotopic (exact) mass is 510 g/mol. The molecule has 1 amide bonds. The van der Waals surface area contributed by atoms with Gasteiger partial charge in [0.15, 0.2) is 0 Å². The Labute approximate surface area is 211 Å². The highest BCUT2D eigenvalue weighted by Gasteiger charge is 2.44. The molecule has 192 valence electrons. The minimum atomic E-state index is -2.85. The quantitative estimate of drug-likeness (QED) is 0.336. The number of alkyl halides is 2. The van der Waals surface area contributed by atoms with Gasteiger partial charge in [-0.3, -0.25) is 9.36 Å². The normalized spacial score (nSPS) is 12.9. The largest absolute Gasteiger partial charge is 0.348 e. The molecule has 0 saturated heterocycles. The van der Waals surface area contributed by atoms with Gasteiger partial charge in [-0.2, -0.15) is 9.78 Å². The predicted octanol–water partition coefficient (Wildman–Crippen LogP) is 4.53. The van der Waals surface area contributed by atoms with Crippen molar-refractivity contribution in [2.45, 2.75) is 31.9 Å². The van der Waals surface area contributed by atoms with Crippen LogP contribution in [-0.4, -0.2) is 20.3 Å². The van der Waals surface area contributed by atoms with Crippen molar-refractivity contribution in [2.75, 3.05) is 0 Å². The van der Waals surface area contributed by atoms with E-state index in [1.165, 1.54) is 60.1 Å². The Morgan fingerprint density at radius 3 is 2.32 bits per heavy atom. The van der Waals surface area contributed by atoms with Crippen LogP contribution in [0, 0.1) is 5.82 Å². The van der Waals surface area contributed by atoms with Gasteiger partial charge in [-0.1, -0.05) is 67.6 Å². The number of aromatic nitrogens is 3. The first-order chi connectivity index (χ1) is 17.8. The molecule has 0 aliphatic rings. The Bertz CT molecular complexity index is 1450. The Morgan fingerprint density at radius 1 is 1.03 bits per heavy atom. The summed E-state index contributed by atoms with van der Waals surface area (Å²) in [5.74, 6) is -1.10. The van der Waals surface area contributed by atoms with Gasteiger partial charge in [-0.05, 0) is 23.8 Å². The van der Waals surface area contributed by atoms with Crippen LogP contribution in [0.3, 0.4) is 0 Å². The van der Waals surface area contributed by atoms with Crippen molar-refractivity contribution in [2.24, 2.45) is 7.05 Å². The third kappa shape index (κ3) is 5.05. The van der Waals surface area contributed by atoms with Gasteiger partial charge in [-0.25, -0.2) is 28.3 Å². The van der Waals surface area contributed by atoms with E-state index in [4.69, 9.17) is 4.84 Å². The van der Waals surface area contributed by atoms with Crippen LogP contribution in [0.1, 0.15) is 46.2 Å². The van der Waals surface area contributed by atoms with Crippen LogP contribution in [0.5, 0.6) is 0 Å². The summed E-state index contributed by atoms with van der Waals surface area (Å²) in [5, 5.41) is 4.38. The Kier molecular flexibility index (Phi) is 7.58. The number of hydroxylamine groups is 1. The molecule has 0 saturated carbocycles. The van der Waals surface area contributed by atoms with E-state index in [2.05, 4.69) is 10.6 Å². The first kappa shape index (κ1) is 25.9. The van der Waals surface area contributed by atoms with E-state index in [-0.39, 0.29) is 22.3 Å². The van der Waals surface area contributed by atoms with Gasteiger partial charge in [0.25, 0.3) is 12.3 Å². The lowest BCUT2D eigenvalue weighted by Crippen LogP contribution is -2.51. The van der Waals surface area contributed by atoms with E-state index in [1.54, 1.807) is 31.2 Å². The molecule has 4 aromatic rings. The van der Waals surface area contributed by atoms with Crippen molar-refractivity contribution >= 4 is 5.91 Å². The predicted molar refractivity (Wildman–Crippen MR) is 130 cm³/mol. The minimum Gasteiger partial charge on any atom is -0.282 e. The molecule has 7 nitrogen and oxygen atoms in total. The van der Waals surface area contributed by atoms with E-state index in [1.807, 2.05) is 0 Å². The third-order valence-electron chi connectivity index (χ3n) is 6.09. The SMILES string of the molecule is CCc1nn([C@@](Cc2ccccc2C(F)F)(ONC(=O)c2ccccc2)c2ccccc2F)c(=O)n1C. The summed E-state index contributed by atoms with van der Waals surface area (Å²) < 4.78 is 45.5. The first-order valence-corrected chi connectivity index (χ1v) is 11.6. The van der Waals surface area contributed by atoms with Gasteiger partial charge in [0.05, 0.1) is 0 Å². The summed E-state index contributed by atoms with van der Waals surface area (Å²) in [6.07, 6.45) is -2.93. The summed E-state index contributed by atoms with van der Waals surface area (Å²) in [5.41, 5.74) is -0.687. The summed E-state index contributed by atoms with van der Waals surface area (Å²) in [4.78, 5) is 32.3. The van der Waals surface area contributed by atoms with Crippen molar-refractivity contribution < 1.29 is 22.8 Å². The molecular weight excluding hydrogens is 485 g/mol. The van der Waals surface area contributed by atoms with Gasteiger partial charge in [-0.15, -0.1) is 0 Å². The molecule has 0 bridgehead atoms. The number of nitrogens with zero attached hydrogens (tertiary/aromatic N) is 3. The molecule has 3 aromatic carbocycles. The lowest BCUT2D eigenvalue weighted by Gasteiger charge is -2.34. The lowest BCUT2D eigenvalue weighted by molar-refractivity contribution is -0.128. The zero-order chi connectivity index (χ0) is 26.6. The topological polar surface area (TPSA) is 78.2 Å². The van der Waals surface area contributed by atoms with Crippen molar-refractivity contribution in [3.63, 3.8) is 0 Å². The van der Waals surface area contributed by atoms with Crippen LogP contribution < -0.4 is 11.2 Å². The second kappa shape index (κ2) is 10.8. The number of amides is 1. The van der Waals surface area contributed by atoms with Crippen LogP contribution in [0.25, 0.3) is 0 Å². The smallest absolute Gasteiger partial charge is 0.282 e. The van der Waals surface area contributed by atoms with E-state index < -0.39 is 36.0 Å². The number of halogens is 3. The standard InChI is InChI=1S/C27H25F3N4O3/c1-3-23-31-34(26(36)33(23)2)27(21-15-9-10-16-22(21)28,17-19-13-7-8-14-20(19)24(29)30)37-32-25(35)18-11-5-4-6-12-18/h4-16,24H,3,17H2,1-2H3,(H,32,35)/t27-/m0/s1. The lowest BCUT2D eigenvalue weighted by atomic mass is 9.92. The maximum atomic E-state index is 15.4. The molecular formula is C27H25F3N4O3. The van der Waals surface area contributed by atoms with Crippen molar-refractivity contribution in [3.05, 3.63) is 123 Å². The number of carbonyl (C=O) groups is 1. The fraction of sp³-hybridized carbons (Fsp3) is 0.222. The van der Waals surface area contributed by atoms with E-state index in [9.17, 15) is 18.4 Å². The second-order valence-corrected chi connectivity index (χ2v) is 8.36. The van der Waals surface area contributed by atoms with Crippen molar-refractivity contribution in [1.82, 2.24) is 19.8 Å².